The lowest BCUT2D eigenvalue weighted by Crippen LogP contribution is -2.45. The van der Waals surface area contributed by atoms with Crippen LogP contribution in [-0.2, 0) is 16.1 Å². The second-order valence-corrected chi connectivity index (χ2v) is 4.65. The number of nitrogens with one attached hydrogen (secondary N) is 1. The summed E-state index contributed by atoms with van der Waals surface area (Å²) >= 11 is 0. The molecule has 0 spiro atoms. The van der Waals surface area contributed by atoms with Crippen molar-refractivity contribution in [3.05, 3.63) is 29.8 Å². The molecule has 116 valence electrons. The van der Waals surface area contributed by atoms with Crippen molar-refractivity contribution in [3.63, 3.8) is 0 Å². The molecule has 1 atom stereocenters. The van der Waals surface area contributed by atoms with Crippen LogP contribution < -0.4 is 10.1 Å². The first kappa shape index (κ1) is 17.0. The number of hydrogen-bond acceptors (Lipinski definition) is 5. The zero-order chi connectivity index (χ0) is 15.8. The van der Waals surface area contributed by atoms with Crippen LogP contribution in [0.15, 0.2) is 24.3 Å². The Morgan fingerprint density at radius 2 is 1.90 bits per heavy atom. The highest BCUT2D eigenvalue weighted by atomic mass is 16.5. The van der Waals surface area contributed by atoms with Gasteiger partial charge in [0.15, 0.2) is 0 Å². The molecule has 1 N–H and O–H groups in total. The lowest BCUT2D eigenvalue weighted by atomic mass is 10.2. The Balaban J connectivity index is 2.56. The van der Waals surface area contributed by atoms with Crippen molar-refractivity contribution in [2.24, 2.45) is 0 Å². The monoisotopic (exact) mass is 294 g/mol. The van der Waals surface area contributed by atoms with Crippen LogP contribution in [0, 0.1) is 0 Å². The van der Waals surface area contributed by atoms with Gasteiger partial charge < -0.3 is 9.47 Å². The maximum absolute atomic E-state index is 11.8. The average Bonchev–Trinajstić information content (AvgIpc) is 2.48. The molecule has 0 aliphatic rings. The van der Waals surface area contributed by atoms with Crippen LogP contribution >= 0.6 is 0 Å². The maximum atomic E-state index is 11.8. The SMILES string of the molecule is CCOc1ccc(CN(C)[C@@H](C)C(=O)NC(=O)OC)cc1. The predicted molar refractivity (Wildman–Crippen MR) is 79.1 cm³/mol. The van der Waals surface area contributed by atoms with Crippen molar-refractivity contribution < 1.29 is 19.1 Å². The number of ether oxygens (including phenoxy) is 2. The molecule has 21 heavy (non-hydrogen) atoms. The Bertz CT molecular complexity index is 473. The Morgan fingerprint density at radius 1 is 1.29 bits per heavy atom. The van der Waals surface area contributed by atoms with E-state index in [2.05, 4.69) is 10.1 Å². The Morgan fingerprint density at radius 3 is 2.43 bits per heavy atom. The van der Waals surface area contributed by atoms with Crippen molar-refractivity contribution in [1.29, 1.82) is 0 Å². The first-order valence-corrected chi connectivity index (χ1v) is 6.78. The molecule has 0 aromatic heterocycles. The van der Waals surface area contributed by atoms with Gasteiger partial charge in [-0.25, -0.2) is 4.79 Å². The molecule has 6 heteroatoms. The van der Waals surface area contributed by atoms with Gasteiger partial charge in [-0.2, -0.15) is 0 Å². The van der Waals surface area contributed by atoms with Gasteiger partial charge in [0, 0.05) is 6.54 Å². The third kappa shape index (κ3) is 5.43. The fourth-order valence-corrected chi connectivity index (χ4v) is 1.74. The molecule has 0 bridgehead atoms. The lowest BCUT2D eigenvalue weighted by molar-refractivity contribution is -0.124. The Hall–Kier alpha value is -2.08. The summed E-state index contributed by atoms with van der Waals surface area (Å²) < 4.78 is 9.78. The van der Waals surface area contributed by atoms with E-state index in [1.165, 1.54) is 7.11 Å². The number of methoxy groups -OCH3 is 1. The molecule has 0 saturated carbocycles. The molecule has 1 rings (SSSR count). The molecule has 1 aromatic carbocycles. The van der Waals surface area contributed by atoms with Crippen LogP contribution in [0.5, 0.6) is 5.75 Å². The number of nitrogens with zero attached hydrogens (tertiary/aromatic N) is 1. The summed E-state index contributed by atoms with van der Waals surface area (Å²) in [7, 11) is 3.04. The van der Waals surface area contributed by atoms with Crippen LogP contribution in [0.3, 0.4) is 0 Å². The number of carbonyl (C=O) groups excluding carboxylic acids is 2. The largest absolute Gasteiger partial charge is 0.494 e. The van der Waals surface area contributed by atoms with Gasteiger partial charge in [-0.05, 0) is 38.6 Å². The highest BCUT2D eigenvalue weighted by Crippen LogP contribution is 2.14. The highest BCUT2D eigenvalue weighted by Gasteiger charge is 2.20. The summed E-state index contributed by atoms with van der Waals surface area (Å²) in [6.07, 6.45) is -0.749. The van der Waals surface area contributed by atoms with E-state index >= 15 is 0 Å². The number of alkyl carbamates (subject to hydrolysis) is 1. The van der Waals surface area contributed by atoms with Gasteiger partial charge in [-0.1, -0.05) is 12.1 Å². The molecule has 0 radical (unpaired) electrons. The number of hydrogen-bond donors (Lipinski definition) is 1. The van der Waals surface area contributed by atoms with E-state index in [0.29, 0.717) is 13.2 Å². The first-order valence-electron chi connectivity index (χ1n) is 6.78. The number of imide groups is 1. The number of likely N-dealkylation sites (N-methyl/N-ethyl adjacent to an activating group) is 1. The minimum atomic E-state index is -0.749. The van der Waals surface area contributed by atoms with Gasteiger partial charge in [0.1, 0.15) is 5.75 Å². The molecule has 0 aliphatic heterocycles. The quantitative estimate of drug-likeness (QED) is 0.866. The van der Waals surface area contributed by atoms with Crippen LogP contribution in [0.25, 0.3) is 0 Å². The van der Waals surface area contributed by atoms with Crippen molar-refractivity contribution in [3.8, 4) is 5.75 Å². The topological polar surface area (TPSA) is 67.9 Å². The molecule has 0 aliphatic carbocycles. The third-order valence-electron chi connectivity index (χ3n) is 3.12. The van der Waals surface area contributed by atoms with Crippen molar-refractivity contribution >= 4 is 12.0 Å². The summed E-state index contributed by atoms with van der Waals surface area (Å²) in [5.41, 5.74) is 1.05. The number of amides is 2. The van der Waals surface area contributed by atoms with Gasteiger partial charge >= 0.3 is 6.09 Å². The van der Waals surface area contributed by atoms with Gasteiger partial charge in [0.2, 0.25) is 5.91 Å². The smallest absolute Gasteiger partial charge is 0.413 e. The number of rotatable bonds is 6. The van der Waals surface area contributed by atoms with Crippen LogP contribution in [0.4, 0.5) is 4.79 Å². The fraction of sp³-hybridized carbons (Fsp3) is 0.467. The minimum absolute atomic E-state index is 0.393. The molecule has 0 saturated heterocycles. The second kappa shape index (κ2) is 8.26. The summed E-state index contributed by atoms with van der Waals surface area (Å²) in [5.74, 6) is 0.427. The normalized spacial score (nSPS) is 11.9. The highest BCUT2D eigenvalue weighted by molar-refractivity contribution is 5.94. The first-order chi connectivity index (χ1) is 9.97. The van der Waals surface area contributed by atoms with Crippen LogP contribution in [0.1, 0.15) is 19.4 Å². The van der Waals surface area contributed by atoms with Crippen molar-refractivity contribution in [2.45, 2.75) is 26.4 Å². The standard InChI is InChI=1S/C15H22N2O4/c1-5-21-13-8-6-12(7-9-13)10-17(3)11(2)14(18)16-15(19)20-4/h6-9,11H,5,10H2,1-4H3,(H,16,18,19)/t11-/m0/s1. The Kier molecular flexibility index (Phi) is 6.68. The third-order valence-corrected chi connectivity index (χ3v) is 3.12. The van der Waals surface area contributed by atoms with Gasteiger partial charge in [0.25, 0.3) is 0 Å². The van der Waals surface area contributed by atoms with E-state index in [-0.39, 0.29) is 0 Å². The van der Waals surface area contributed by atoms with Crippen LogP contribution in [-0.4, -0.2) is 43.7 Å². The summed E-state index contributed by atoms with van der Waals surface area (Å²) in [6, 6.07) is 7.24. The molecule has 6 nitrogen and oxygen atoms in total. The minimum Gasteiger partial charge on any atom is -0.494 e. The molecular weight excluding hydrogens is 272 g/mol. The van der Waals surface area contributed by atoms with Crippen molar-refractivity contribution in [2.75, 3.05) is 20.8 Å². The molecule has 0 heterocycles. The average molecular weight is 294 g/mol. The molecular formula is C15H22N2O4. The van der Waals surface area contributed by atoms with E-state index in [9.17, 15) is 9.59 Å². The van der Waals surface area contributed by atoms with E-state index < -0.39 is 18.0 Å². The molecule has 1 aromatic rings. The van der Waals surface area contributed by atoms with E-state index in [1.807, 2.05) is 43.1 Å². The predicted octanol–water partition coefficient (Wildman–Crippen LogP) is 1.79. The summed E-state index contributed by atoms with van der Waals surface area (Å²) in [4.78, 5) is 24.7. The number of benzene rings is 1. The fourth-order valence-electron chi connectivity index (χ4n) is 1.74. The second-order valence-electron chi connectivity index (χ2n) is 4.65. The zero-order valence-electron chi connectivity index (χ0n) is 12.9. The maximum Gasteiger partial charge on any atom is 0.413 e. The summed E-state index contributed by atoms with van der Waals surface area (Å²) in [5, 5.41) is 2.16. The summed E-state index contributed by atoms with van der Waals surface area (Å²) in [6.45, 7) is 4.88. The van der Waals surface area contributed by atoms with Crippen molar-refractivity contribution in [1.82, 2.24) is 10.2 Å². The molecule has 0 unspecified atom stereocenters. The van der Waals surface area contributed by atoms with Gasteiger partial charge in [-0.3, -0.25) is 15.0 Å². The van der Waals surface area contributed by atoms with Gasteiger partial charge in [0.05, 0.1) is 19.8 Å². The van der Waals surface area contributed by atoms with Gasteiger partial charge in [-0.15, -0.1) is 0 Å². The molecule has 0 fully saturated rings. The van der Waals surface area contributed by atoms with E-state index in [4.69, 9.17) is 4.74 Å². The van der Waals surface area contributed by atoms with E-state index in [0.717, 1.165) is 11.3 Å². The molecule has 2 amide bonds. The Labute approximate surface area is 125 Å². The van der Waals surface area contributed by atoms with Crippen LogP contribution in [0.2, 0.25) is 0 Å². The lowest BCUT2D eigenvalue weighted by Gasteiger charge is -2.23. The number of carbonyl (C=O) groups is 2. The van der Waals surface area contributed by atoms with E-state index in [1.54, 1.807) is 6.92 Å². The zero-order valence-corrected chi connectivity index (χ0v) is 12.9.